The Morgan fingerprint density at radius 3 is 2.71 bits per heavy atom. The van der Waals surface area contributed by atoms with Crippen molar-refractivity contribution in [2.24, 2.45) is 5.92 Å². The SMILES string of the molecule is O=C(CCNC(=O)C1CCCNC1)Nc1ccc(Br)cc1. The van der Waals surface area contributed by atoms with Crippen LogP contribution in [0.25, 0.3) is 0 Å². The van der Waals surface area contributed by atoms with E-state index >= 15 is 0 Å². The summed E-state index contributed by atoms with van der Waals surface area (Å²) in [5, 5.41) is 8.84. The van der Waals surface area contributed by atoms with E-state index in [4.69, 9.17) is 0 Å². The van der Waals surface area contributed by atoms with E-state index in [1.165, 1.54) is 0 Å². The fourth-order valence-corrected chi connectivity index (χ4v) is 2.54. The van der Waals surface area contributed by atoms with Gasteiger partial charge < -0.3 is 16.0 Å². The van der Waals surface area contributed by atoms with Crippen molar-refractivity contribution < 1.29 is 9.59 Å². The first-order valence-electron chi connectivity index (χ1n) is 7.19. The lowest BCUT2D eigenvalue weighted by Crippen LogP contribution is -2.41. The fourth-order valence-electron chi connectivity index (χ4n) is 2.28. The number of nitrogens with one attached hydrogen (secondary N) is 3. The van der Waals surface area contributed by atoms with Crippen LogP contribution in [0, 0.1) is 5.92 Å². The smallest absolute Gasteiger partial charge is 0.226 e. The Bertz CT molecular complexity index is 484. The molecule has 1 unspecified atom stereocenters. The van der Waals surface area contributed by atoms with Crippen molar-refractivity contribution in [3.8, 4) is 0 Å². The highest BCUT2D eigenvalue weighted by Crippen LogP contribution is 2.14. The van der Waals surface area contributed by atoms with E-state index < -0.39 is 0 Å². The highest BCUT2D eigenvalue weighted by Gasteiger charge is 2.20. The monoisotopic (exact) mass is 353 g/mol. The van der Waals surface area contributed by atoms with E-state index in [0.29, 0.717) is 6.54 Å². The van der Waals surface area contributed by atoms with Gasteiger partial charge in [-0.3, -0.25) is 9.59 Å². The number of carbonyl (C=O) groups excluding carboxylic acids is 2. The van der Waals surface area contributed by atoms with Gasteiger partial charge in [-0.1, -0.05) is 15.9 Å². The number of hydrogen-bond donors (Lipinski definition) is 3. The molecular formula is C15H20BrN3O2. The molecule has 0 radical (unpaired) electrons. The lowest BCUT2D eigenvalue weighted by molar-refractivity contribution is -0.125. The van der Waals surface area contributed by atoms with Gasteiger partial charge in [0.25, 0.3) is 0 Å². The zero-order valence-electron chi connectivity index (χ0n) is 11.8. The molecular weight excluding hydrogens is 334 g/mol. The van der Waals surface area contributed by atoms with Gasteiger partial charge in [-0.25, -0.2) is 0 Å². The van der Waals surface area contributed by atoms with Crippen LogP contribution in [0.2, 0.25) is 0 Å². The predicted molar refractivity (Wildman–Crippen MR) is 86.0 cm³/mol. The second-order valence-electron chi connectivity index (χ2n) is 5.14. The number of rotatable bonds is 5. The Balaban J connectivity index is 1.66. The van der Waals surface area contributed by atoms with Crippen molar-refractivity contribution >= 4 is 33.4 Å². The van der Waals surface area contributed by atoms with Gasteiger partial charge in [0.05, 0.1) is 5.92 Å². The molecule has 1 aromatic rings. The molecule has 0 spiro atoms. The molecule has 2 amide bonds. The van der Waals surface area contributed by atoms with Crippen molar-refractivity contribution in [1.29, 1.82) is 0 Å². The molecule has 0 saturated carbocycles. The third-order valence-electron chi connectivity index (χ3n) is 3.45. The van der Waals surface area contributed by atoms with Crippen molar-refractivity contribution in [2.45, 2.75) is 19.3 Å². The average Bonchev–Trinajstić information content (AvgIpc) is 2.50. The first kappa shape index (κ1) is 16.0. The maximum atomic E-state index is 11.9. The maximum absolute atomic E-state index is 11.9. The minimum absolute atomic E-state index is 0.0354. The quantitative estimate of drug-likeness (QED) is 0.756. The zero-order valence-corrected chi connectivity index (χ0v) is 13.4. The topological polar surface area (TPSA) is 70.2 Å². The van der Waals surface area contributed by atoms with Crippen LogP contribution in [0.15, 0.2) is 28.7 Å². The number of carbonyl (C=O) groups is 2. The summed E-state index contributed by atoms with van der Waals surface area (Å²) in [5.74, 6) is -0.0219. The van der Waals surface area contributed by atoms with E-state index in [9.17, 15) is 9.59 Å². The Morgan fingerprint density at radius 2 is 2.05 bits per heavy atom. The molecule has 1 fully saturated rings. The summed E-state index contributed by atoms with van der Waals surface area (Å²) < 4.78 is 0.967. The van der Waals surface area contributed by atoms with Crippen LogP contribution in [-0.4, -0.2) is 31.4 Å². The van der Waals surface area contributed by atoms with Gasteiger partial charge in [0.15, 0.2) is 0 Å². The minimum atomic E-state index is -0.0978. The summed E-state index contributed by atoms with van der Waals surface area (Å²) in [5.41, 5.74) is 0.756. The molecule has 1 aliphatic heterocycles. The first-order chi connectivity index (χ1) is 10.1. The Hall–Kier alpha value is -1.40. The molecule has 3 N–H and O–H groups in total. The maximum Gasteiger partial charge on any atom is 0.226 e. The highest BCUT2D eigenvalue weighted by atomic mass is 79.9. The van der Waals surface area contributed by atoms with Crippen molar-refractivity contribution in [1.82, 2.24) is 10.6 Å². The second kappa shape index (κ2) is 8.14. The van der Waals surface area contributed by atoms with Gasteiger partial charge in [0.1, 0.15) is 0 Å². The lowest BCUT2D eigenvalue weighted by Gasteiger charge is -2.21. The second-order valence-corrected chi connectivity index (χ2v) is 6.06. The van der Waals surface area contributed by atoms with Gasteiger partial charge in [0.2, 0.25) is 11.8 Å². The molecule has 1 atom stereocenters. The van der Waals surface area contributed by atoms with Crippen molar-refractivity contribution in [2.75, 3.05) is 25.0 Å². The third kappa shape index (κ3) is 5.47. The molecule has 0 aliphatic carbocycles. The zero-order chi connectivity index (χ0) is 15.1. The molecule has 5 nitrogen and oxygen atoms in total. The number of anilines is 1. The van der Waals surface area contributed by atoms with Crippen LogP contribution < -0.4 is 16.0 Å². The Morgan fingerprint density at radius 1 is 1.29 bits per heavy atom. The van der Waals surface area contributed by atoms with Crippen molar-refractivity contribution in [3.05, 3.63) is 28.7 Å². The van der Waals surface area contributed by atoms with Crippen LogP contribution >= 0.6 is 15.9 Å². The molecule has 114 valence electrons. The van der Waals surface area contributed by atoms with Crippen LogP contribution in [0.4, 0.5) is 5.69 Å². The van der Waals surface area contributed by atoms with E-state index in [0.717, 1.165) is 36.1 Å². The normalized spacial score (nSPS) is 18.0. The standard InChI is InChI=1S/C15H20BrN3O2/c16-12-3-5-13(6-4-12)19-14(20)7-9-18-15(21)11-2-1-8-17-10-11/h3-6,11,17H,1-2,7-10H2,(H,18,21)(H,19,20). The van der Waals surface area contributed by atoms with Crippen LogP contribution in [-0.2, 0) is 9.59 Å². The number of piperidine rings is 1. The van der Waals surface area contributed by atoms with E-state index in [2.05, 4.69) is 31.9 Å². The Kier molecular flexibility index (Phi) is 6.20. The molecule has 1 saturated heterocycles. The van der Waals surface area contributed by atoms with Gasteiger partial charge in [0, 0.05) is 29.7 Å². The largest absolute Gasteiger partial charge is 0.355 e. The molecule has 6 heteroatoms. The summed E-state index contributed by atoms with van der Waals surface area (Å²) in [6.45, 7) is 2.09. The molecule has 2 rings (SSSR count). The summed E-state index contributed by atoms with van der Waals surface area (Å²) in [4.78, 5) is 23.7. The van der Waals surface area contributed by atoms with Crippen LogP contribution in [0.3, 0.4) is 0 Å². The summed E-state index contributed by atoms with van der Waals surface area (Å²) in [7, 11) is 0. The molecule has 21 heavy (non-hydrogen) atoms. The summed E-state index contributed by atoms with van der Waals surface area (Å²) in [6, 6.07) is 7.39. The summed E-state index contributed by atoms with van der Waals surface area (Å²) >= 11 is 3.34. The Labute approximate surface area is 133 Å². The minimum Gasteiger partial charge on any atom is -0.355 e. The molecule has 0 aromatic heterocycles. The van der Waals surface area contributed by atoms with Crippen molar-refractivity contribution in [3.63, 3.8) is 0 Å². The van der Waals surface area contributed by atoms with Crippen LogP contribution in [0.1, 0.15) is 19.3 Å². The number of amides is 2. The predicted octanol–water partition coefficient (Wildman–Crippen LogP) is 1.89. The number of halogens is 1. The third-order valence-corrected chi connectivity index (χ3v) is 3.98. The van der Waals surface area contributed by atoms with E-state index in [1.807, 2.05) is 24.3 Å². The molecule has 1 heterocycles. The van der Waals surface area contributed by atoms with E-state index in [-0.39, 0.29) is 24.2 Å². The highest BCUT2D eigenvalue weighted by molar-refractivity contribution is 9.10. The number of hydrogen-bond acceptors (Lipinski definition) is 3. The molecule has 1 aliphatic rings. The van der Waals surface area contributed by atoms with Gasteiger partial charge in [-0.05, 0) is 43.7 Å². The number of benzene rings is 1. The molecule has 0 bridgehead atoms. The van der Waals surface area contributed by atoms with Gasteiger partial charge >= 0.3 is 0 Å². The molecule has 1 aromatic carbocycles. The van der Waals surface area contributed by atoms with Crippen LogP contribution in [0.5, 0.6) is 0 Å². The fraction of sp³-hybridized carbons (Fsp3) is 0.467. The van der Waals surface area contributed by atoms with E-state index in [1.54, 1.807) is 0 Å². The lowest BCUT2D eigenvalue weighted by atomic mass is 9.99. The van der Waals surface area contributed by atoms with Gasteiger partial charge in [-0.2, -0.15) is 0 Å². The summed E-state index contributed by atoms with van der Waals surface area (Å²) in [6.07, 6.45) is 2.23. The van der Waals surface area contributed by atoms with Gasteiger partial charge in [-0.15, -0.1) is 0 Å². The first-order valence-corrected chi connectivity index (χ1v) is 7.98. The average molecular weight is 354 g/mol.